The van der Waals surface area contributed by atoms with Crippen LogP contribution in [0.15, 0.2) is 0 Å². The molecule has 1 aliphatic rings. The Kier molecular flexibility index (Phi) is 5.92. The Hall–Kier alpha value is -0.610. The van der Waals surface area contributed by atoms with E-state index >= 15 is 0 Å². The van der Waals surface area contributed by atoms with Crippen LogP contribution in [0.25, 0.3) is 0 Å². The Balaban J connectivity index is 2.66. The molecule has 1 saturated carbocycles. The van der Waals surface area contributed by atoms with Crippen LogP contribution in [0.2, 0.25) is 0 Å². The van der Waals surface area contributed by atoms with Gasteiger partial charge in [0.25, 0.3) is 0 Å². The lowest BCUT2D eigenvalue weighted by atomic mass is 9.93. The molecule has 100 valence electrons. The van der Waals surface area contributed by atoms with Gasteiger partial charge in [0.2, 0.25) is 5.91 Å². The maximum atomic E-state index is 12.3. The van der Waals surface area contributed by atoms with Crippen LogP contribution in [0.3, 0.4) is 0 Å². The van der Waals surface area contributed by atoms with Crippen LogP contribution in [0.4, 0.5) is 0 Å². The van der Waals surface area contributed by atoms with Crippen molar-refractivity contribution >= 4 is 5.91 Å². The van der Waals surface area contributed by atoms with Gasteiger partial charge in [0.1, 0.15) is 0 Å². The second-order valence-corrected chi connectivity index (χ2v) is 5.32. The molecule has 1 rings (SSSR count). The van der Waals surface area contributed by atoms with E-state index in [0.717, 1.165) is 12.8 Å². The Morgan fingerprint density at radius 2 is 1.94 bits per heavy atom. The van der Waals surface area contributed by atoms with E-state index in [1.165, 1.54) is 19.3 Å². The van der Waals surface area contributed by atoms with Crippen molar-refractivity contribution in [2.24, 2.45) is 11.7 Å². The molecule has 0 aromatic heterocycles. The minimum atomic E-state index is -0.441. The lowest BCUT2D eigenvalue weighted by Crippen LogP contribution is -2.52. The Bertz CT molecular complexity index is 238. The van der Waals surface area contributed by atoms with E-state index in [1.807, 2.05) is 18.7 Å². The van der Waals surface area contributed by atoms with E-state index in [-0.39, 0.29) is 24.5 Å². The van der Waals surface area contributed by atoms with E-state index in [4.69, 9.17) is 10.8 Å². The molecular weight excluding hydrogens is 216 g/mol. The second kappa shape index (κ2) is 6.97. The molecule has 0 spiro atoms. The monoisotopic (exact) mass is 242 g/mol. The number of nitrogens with two attached hydrogens (primary N) is 1. The Labute approximate surface area is 104 Å². The van der Waals surface area contributed by atoms with Gasteiger partial charge in [-0.25, -0.2) is 0 Å². The SMILES string of the molecule is CC(C)C(N)C(=O)N(CCO)C1CCCCC1. The zero-order chi connectivity index (χ0) is 12.8. The molecule has 0 aromatic carbocycles. The molecule has 0 aliphatic heterocycles. The first-order valence-corrected chi connectivity index (χ1v) is 6.74. The molecule has 1 aliphatic carbocycles. The minimum absolute atomic E-state index is 0.000880. The lowest BCUT2D eigenvalue weighted by Gasteiger charge is -2.36. The quantitative estimate of drug-likeness (QED) is 0.759. The smallest absolute Gasteiger partial charge is 0.240 e. The summed E-state index contributed by atoms with van der Waals surface area (Å²) in [5.74, 6) is 0.147. The number of carbonyl (C=O) groups excluding carboxylic acids is 1. The maximum Gasteiger partial charge on any atom is 0.240 e. The number of hydrogen-bond acceptors (Lipinski definition) is 3. The average Bonchev–Trinajstić information content (AvgIpc) is 2.35. The Morgan fingerprint density at radius 1 is 1.35 bits per heavy atom. The van der Waals surface area contributed by atoms with E-state index in [0.29, 0.717) is 6.54 Å². The van der Waals surface area contributed by atoms with E-state index < -0.39 is 6.04 Å². The van der Waals surface area contributed by atoms with Crippen molar-refractivity contribution in [3.63, 3.8) is 0 Å². The third-order valence-electron chi connectivity index (χ3n) is 3.64. The van der Waals surface area contributed by atoms with Gasteiger partial charge >= 0.3 is 0 Å². The standard InChI is InChI=1S/C13H26N2O2/c1-10(2)12(14)13(17)15(8-9-16)11-6-4-3-5-7-11/h10-12,16H,3-9,14H2,1-2H3. The van der Waals surface area contributed by atoms with Crippen LogP contribution in [0.1, 0.15) is 46.0 Å². The van der Waals surface area contributed by atoms with Crippen molar-refractivity contribution in [1.82, 2.24) is 4.90 Å². The summed E-state index contributed by atoms with van der Waals surface area (Å²) in [4.78, 5) is 14.1. The van der Waals surface area contributed by atoms with E-state index in [1.54, 1.807) is 0 Å². The molecule has 0 heterocycles. The fourth-order valence-electron chi connectivity index (χ4n) is 2.45. The summed E-state index contributed by atoms with van der Waals surface area (Å²) in [6.07, 6.45) is 5.72. The molecule has 0 bridgehead atoms. The molecule has 1 atom stereocenters. The summed E-state index contributed by atoms with van der Waals surface area (Å²) in [7, 11) is 0. The van der Waals surface area contributed by atoms with Crippen LogP contribution in [0.5, 0.6) is 0 Å². The van der Waals surface area contributed by atoms with Gasteiger partial charge in [0.15, 0.2) is 0 Å². The van der Waals surface area contributed by atoms with Crippen molar-refractivity contribution in [3.05, 3.63) is 0 Å². The fourth-order valence-corrected chi connectivity index (χ4v) is 2.45. The summed E-state index contributed by atoms with van der Waals surface area (Å²) in [5.41, 5.74) is 5.93. The van der Waals surface area contributed by atoms with Crippen LogP contribution in [-0.2, 0) is 4.79 Å². The molecule has 0 saturated heterocycles. The molecule has 17 heavy (non-hydrogen) atoms. The number of aliphatic hydroxyl groups is 1. The van der Waals surface area contributed by atoms with Crippen molar-refractivity contribution in [2.45, 2.75) is 58.0 Å². The molecule has 1 fully saturated rings. The number of rotatable bonds is 5. The van der Waals surface area contributed by atoms with Crippen molar-refractivity contribution in [2.75, 3.05) is 13.2 Å². The van der Waals surface area contributed by atoms with Gasteiger partial charge in [-0.15, -0.1) is 0 Å². The van der Waals surface area contributed by atoms with E-state index in [9.17, 15) is 4.79 Å². The molecular formula is C13H26N2O2. The molecule has 3 N–H and O–H groups in total. The number of amides is 1. The molecule has 4 heteroatoms. The predicted octanol–water partition coefficient (Wildman–Crippen LogP) is 1.12. The number of nitrogens with zero attached hydrogens (tertiary/aromatic N) is 1. The van der Waals surface area contributed by atoms with Gasteiger partial charge in [-0.05, 0) is 18.8 Å². The topological polar surface area (TPSA) is 66.6 Å². The van der Waals surface area contributed by atoms with Crippen LogP contribution < -0.4 is 5.73 Å². The Morgan fingerprint density at radius 3 is 2.41 bits per heavy atom. The van der Waals surface area contributed by atoms with Gasteiger partial charge in [-0.1, -0.05) is 33.1 Å². The highest BCUT2D eigenvalue weighted by atomic mass is 16.3. The molecule has 0 aromatic rings. The molecule has 4 nitrogen and oxygen atoms in total. The summed E-state index contributed by atoms with van der Waals surface area (Å²) < 4.78 is 0. The average molecular weight is 242 g/mol. The zero-order valence-corrected chi connectivity index (χ0v) is 11.1. The summed E-state index contributed by atoms with van der Waals surface area (Å²) in [6.45, 7) is 4.36. The highest BCUT2D eigenvalue weighted by Gasteiger charge is 2.29. The number of aliphatic hydroxyl groups excluding tert-OH is 1. The first kappa shape index (κ1) is 14.5. The van der Waals surface area contributed by atoms with Gasteiger partial charge in [-0.2, -0.15) is 0 Å². The number of carbonyl (C=O) groups is 1. The van der Waals surface area contributed by atoms with Gasteiger partial charge < -0.3 is 15.7 Å². The highest BCUT2D eigenvalue weighted by molar-refractivity contribution is 5.82. The van der Waals surface area contributed by atoms with Crippen LogP contribution >= 0.6 is 0 Å². The first-order chi connectivity index (χ1) is 8.07. The van der Waals surface area contributed by atoms with Crippen LogP contribution in [0, 0.1) is 5.92 Å². The third-order valence-corrected chi connectivity index (χ3v) is 3.64. The summed E-state index contributed by atoms with van der Waals surface area (Å²) in [5, 5.41) is 9.10. The van der Waals surface area contributed by atoms with Crippen molar-refractivity contribution in [1.29, 1.82) is 0 Å². The molecule has 1 amide bonds. The second-order valence-electron chi connectivity index (χ2n) is 5.32. The van der Waals surface area contributed by atoms with Crippen LogP contribution in [-0.4, -0.2) is 41.1 Å². The fraction of sp³-hybridized carbons (Fsp3) is 0.923. The van der Waals surface area contributed by atoms with E-state index in [2.05, 4.69) is 0 Å². The van der Waals surface area contributed by atoms with Gasteiger partial charge in [0.05, 0.1) is 12.6 Å². The lowest BCUT2D eigenvalue weighted by molar-refractivity contribution is -0.137. The summed E-state index contributed by atoms with van der Waals surface area (Å²) >= 11 is 0. The summed E-state index contributed by atoms with van der Waals surface area (Å²) in [6, 6.07) is -0.156. The highest BCUT2D eigenvalue weighted by Crippen LogP contribution is 2.23. The van der Waals surface area contributed by atoms with Crippen molar-refractivity contribution in [3.8, 4) is 0 Å². The first-order valence-electron chi connectivity index (χ1n) is 6.74. The molecule has 0 radical (unpaired) electrons. The van der Waals surface area contributed by atoms with Gasteiger partial charge in [0, 0.05) is 12.6 Å². The minimum Gasteiger partial charge on any atom is -0.395 e. The largest absolute Gasteiger partial charge is 0.395 e. The predicted molar refractivity (Wildman–Crippen MR) is 68.5 cm³/mol. The third kappa shape index (κ3) is 3.96. The maximum absolute atomic E-state index is 12.3. The van der Waals surface area contributed by atoms with Crippen molar-refractivity contribution < 1.29 is 9.90 Å². The van der Waals surface area contributed by atoms with Gasteiger partial charge in [-0.3, -0.25) is 4.79 Å². The normalized spacial score (nSPS) is 19.4. The number of hydrogen-bond donors (Lipinski definition) is 2. The zero-order valence-electron chi connectivity index (χ0n) is 11.1. The molecule has 1 unspecified atom stereocenters.